The molecular formula is C15H30N4O3. The van der Waals surface area contributed by atoms with Gasteiger partial charge in [0.1, 0.15) is 11.8 Å². The molecule has 128 valence electrons. The Kier molecular flexibility index (Phi) is 10.4. The summed E-state index contributed by atoms with van der Waals surface area (Å²) in [7, 11) is 1.71. The van der Waals surface area contributed by atoms with Crippen LogP contribution in [0.5, 0.6) is 0 Å². The predicted molar refractivity (Wildman–Crippen MR) is 86.2 cm³/mol. The second-order valence-corrected chi connectivity index (χ2v) is 5.78. The summed E-state index contributed by atoms with van der Waals surface area (Å²) in [5.74, 6) is -0.571. The van der Waals surface area contributed by atoms with Crippen LogP contribution in [0.3, 0.4) is 0 Å². The van der Waals surface area contributed by atoms with E-state index < -0.39 is 6.04 Å². The summed E-state index contributed by atoms with van der Waals surface area (Å²) >= 11 is 0. The lowest BCUT2D eigenvalue weighted by Gasteiger charge is -2.24. The van der Waals surface area contributed by atoms with Crippen molar-refractivity contribution < 1.29 is 14.4 Å². The Labute approximate surface area is 132 Å². The van der Waals surface area contributed by atoms with Gasteiger partial charge in [-0.15, -0.1) is 0 Å². The number of Topliss-reactive ketones (excluding diaryl/α,β-unsaturated/α-hetero) is 1. The van der Waals surface area contributed by atoms with Gasteiger partial charge in [-0.3, -0.25) is 14.4 Å². The van der Waals surface area contributed by atoms with Crippen LogP contribution in [0.25, 0.3) is 0 Å². The Bertz CT molecular complexity index is 372. The minimum Gasteiger partial charge on any atom is -0.347 e. The third-order valence-electron chi connectivity index (χ3n) is 3.35. The Hall–Kier alpha value is -1.47. The molecule has 5 N–H and O–H groups in total. The molecule has 0 bridgehead atoms. The van der Waals surface area contributed by atoms with E-state index >= 15 is 0 Å². The lowest BCUT2D eigenvalue weighted by Crippen LogP contribution is -2.54. The maximum Gasteiger partial charge on any atom is 0.242 e. The third kappa shape index (κ3) is 8.09. The predicted octanol–water partition coefficient (Wildman–Crippen LogP) is -0.451. The van der Waals surface area contributed by atoms with Crippen molar-refractivity contribution in [2.24, 2.45) is 11.7 Å². The summed E-state index contributed by atoms with van der Waals surface area (Å²) in [4.78, 5) is 35.4. The van der Waals surface area contributed by atoms with E-state index in [-0.39, 0.29) is 36.1 Å². The zero-order valence-corrected chi connectivity index (χ0v) is 14.1. The molecule has 0 aliphatic rings. The lowest BCUT2D eigenvalue weighted by atomic mass is 10.0. The molecular weight excluding hydrogens is 284 g/mol. The Morgan fingerprint density at radius 3 is 2.18 bits per heavy atom. The second kappa shape index (κ2) is 11.1. The van der Waals surface area contributed by atoms with E-state index in [1.54, 1.807) is 7.05 Å². The number of ketones is 1. The number of hydrogen-bond acceptors (Lipinski definition) is 5. The number of hydrogen-bond donors (Lipinski definition) is 4. The first kappa shape index (κ1) is 20.5. The van der Waals surface area contributed by atoms with Gasteiger partial charge >= 0.3 is 0 Å². The monoisotopic (exact) mass is 314 g/mol. The average molecular weight is 314 g/mol. The normalized spacial score (nSPS) is 13.5. The lowest BCUT2D eigenvalue weighted by molar-refractivity contribution is -0.131. The molecule has 2 unspecified atom stereocenters. The van der Waals surface area contributed by atoms with Crippen molar-refractivity contribution in [3.8, 4) is 0 Å². The molecule has 0 heterocycles. The average Bonchev–Trinajstić information content (AvgIpc) is 2.44. The van der Waals surface area contributed by atoms with Gasteiger partial charge in [-0.05, 0) is 45.7 Å². The van der Waals surface area contributed by atoms with Crippen molar-refractivity contribution in [3.05, 3.63) is 0 Å². The molecule has 22 heavy (non-hydrogen) atoms. The Balaban J connectivity index is 4.72. The fraction of sp³-hybridized carbons (Fsp3) is 0.800. The number of rotatable bonds is 11. The van der Waals surface area contributed by atoms with Gasteiger partial charge in [0.15, 0.2) is 0 Å². The zero-order valence-electron chi connectivity index (χ0n) is 14.1. The highest BCUT2D eigenvalue weighted by molar-refractivity contribution is 5.91. The third-order valence-corrected chi connectivity index (χ3v) is 3.35. The number of amides is 2. The van der Waals surface area contributed by atoms with Crippen molar-refractivity contribution in [2.75, 3.05) is 20.1 Å². The van der Waals surface area contributed by atoms with Crippen LogP contribution >= 0.6 is 0 Å². The molecule has 0 aliphatic carbocycles. The van der Waals surface area contributed by atoms with Crippen LogP contribution in [-0.2, 0) is 14.4 Å². The Morgan fingerprint density at radius 1 is 1.09 bits per heavy atom. The highest BCUT2D eigenvalue weighted by Crippen LogP contribution is 2.05. The highest BCUT2D eigenvalue weighted by Gasteiger charge is 2.26. The number of likely N-dealkylation sites (N-methyl/N-ethyl adjacent to an activating group) is 1. The van der Waals surface area contributed by atoms with E-state index in [1.807, 2.05) is 13.8 Å². The first-order chi connectivity index (χ1) is 10.3. The topological polar surface area (TPSA) is 113 Å². The molecule has 0 aromatic carbocycles. The van der Waals surface area contributed by atoms with Gasteiger partial charge in [0.25, 0.3) is 0 Å². The molecule has 0 spiro atoms. The van der Waals surface area contributed by atoms with Crippen LogP contribution in [0.15, 0.2) is 0 Å². The number of carbonyl (C=O) groups excluding carboxylic acids is 3. The summed E-state index contributed by atoms with van der Waals surface area (Å²) in [6.45, 7) is 5.78. The molecule has 0 radical (unpaired) electrons. The molecule has 2 amide bonds. The summed E-state index contributed by atoms with van der Waals surface area (Å²) < 4.78 is 0. The van der Waals surface area contributed by atoms with Gasteiger partial charge in [-0.25, -0.2) is 0 Å². The molecule has 0 rings (SSSR count). The van der Waals surface area contributed by atoms with Crippen molar-refractivity contribution in [1.82, 2.24) is 16.0 Å². The fourth-order valence-corrected chi connectivity index (χ4v) is 2.13. The molecule has 7 heteroatoms. The van der Waals surface area contributed by atoms with Crippen LogP contribution in [0.2, 0.25) is 0 Å². The largest absolute Gasteiger partial charge is 0.347 e. The van der Waals surface area contributed by atoms with E-state index in [9.17, 15) is 14.4 Å². The summed E-state index contributed by atoms with van der Waals surface area (Å²) in [5, 5.41) is 8.26. The fourth-order valence-electron chi connectivity index (χ4n) is 2.13. The first-order valence-corrected chi connectivity index (χ1v) is 7.78. The van der Waals surface area contributed by atoms with Crippen molar-refractivity contribution in [3.63, 3.8) is 0 Å². The molecule has 7 nitrogen and oxygen atoms in total. The molecule has 0 aliphatic heterocycles. The molecule has 0 saturated carbocycles. The Morgan fingerprint density at radius 2 is 1.73 bits per heavy atom. The summed E-state index contributed by atoms with van der Waals surface area (Å²) in [5.41, 5.74) is 5.46. The van der Waals surface area contributed by atoms with Crippen molar-refractivity contribution >= 4 is 17.6 Å². The smallest absolute Gasteiger partial charge is 0.242 e. The van der Waals surface area contributed by atoms with Gasteiger partial charge in [0, 0.05) is 0 Å². The summed E-state index contributed by atoms with van der Waals surface area (Å²) in [6, 6.07) is -1.01. The first-order valence-electron chi connectivity index (χ1n) is 7.78. The molecule has 0 aromatic heterocycles. The van der Waals surface area contributed by atoms with Crippen molar-refractivity contribution in [1.29, 1.82) is 0 Å². The van der Waals surface area contributed by atoms with E-state index in [0.717, 1.165) is 12.8 Å². The van der Waals surface area contributed by atoms with E-state index in [0.29, 0.717) is 13.0 Å². The standard InChI is InChI=1S/C15H30N4O3/c1-10(2)13(17-4)15(22)19-12(7-5-6-8-16)14(21)18-9-11(3)20/h10,12-13,17H,5-9,16H2,1-4H3,(H,18,21)(H,19,22). The SMILES string of the molecule is CNC(C(=O)NC(CCCCN)C(=O)NCC(C)=O)C(C)C. The maximum atomic E-state index is 12.3. The summed E-state index contributed by atoms with van der Waals surface area (Å²) in [6.07, 6.45) is 2.02. The van der Waals surface area contributed by atoms with Crippen LogP contribution in [-0.4, -0.2) is 49.8 Å². The number of nitrogens with one attached hydrogen (secondary N) is 3. The van der Waals surface area contributed by atoms with E-state index in [4.69, 9.17) is 5.73 Å². The molecule has 0 saturated heterocycles. The van der Waals surface area contributed by atoms with Crippen LogP contribution in [0.4, 0.5) is 0 Å². The van der Waals surface area contributed by atoms with E-state index in [1.165, 1.54) is 6.92 Å². The van der Waals surface area contributed by atoms with Crippen LogP contribution < -0.4 is 21.7 Å². The second-order valence-electron chi connectivity index (χ2n) is 5.78. The van der Waals surface area contributed by atoms with Gasteiger partial charge in [0.05, 0.1) is 12.6 Å². The molecule has 0 aromatic rings. The number of unbranched alkanes of at least 4 members (excludes halogenated alkanes) is 1. The minimum atomic E-state index is -0.645. The van der Waals surface area contributed by atoms with Gasteiger partial charge < -0.3 is 21.7 Å². The van der Waals surface area contributed by atoms with Gasteiger partial charge in [0.2, 0.25) is 11.8 Å². The number of nitrogens with two attached hydrogens (primary N) is 1. The van der Waals surface area contributed by atoms with E-state index in [2.05, 4.69) is 16.0 Å². The quantitative estimate of drug-likeness (QED) is 0.386. The highest BCUT2D eigenvalue weighted by atomic mass is 16.2. The van der Waals surface area contributed by atoms with Crippen LogP contribution in [0, 0.1) is 5.92 Å². The van der Waals surface area contributed by atoms with Gasteiger partial charge in [-0.2, -0.15) is 0 Å². The minimum absolute atomic E-state index is 0.0261. The zero-order chi connectivity index (χ0) is 17.1. The number of carbonyl (C=O) groups is 3. The van der Waals surface area contributed by atoms with Crippen molar-refractivity contribution in [2.45, 2.75) is 52.1 Å². The van der Waals surface area contributed by atoms with Gasteiger partial charge in [-0.1, -0.05) is 13.8 Å². The van der Waals surface area contributed by atoms with Crippen LogP contribution in [0.1, 0.15) is 40.0 Å². The molecule has 0 fully saturated rings. The maximum absolute atomic E-state index is 12.3. The molecule has 2 atom stereocenters.